The fourth-order valence-corrected chi connectivity index (χ4v) is 2.93. The molecule has 0 fully saturated rings. The Morgan fingerprint density at radius 2 is 1.60 bits per heavy atom. The van der Waals surface area contributed by atoms with Crippen LogP contribution in [0.4, 0.5) is 0 Å². The largest absolute Gasteiger partial charge is 0.496 e. The lowest BCUT2D eigenvalue weighted by atomic mass is 10.00. The molecule has 0 saturated carbocycles. The van der Waals surface area contributed by atoms with Gasteiger partial charge in [-0.1, -0.05) is 43.1 Å². The Morgan fingerprint density at radius 1 is 0.960 bits per heavy atom. The molecule has 25 heavy (non-hydrogen) atoms. The summed E-state index contributed by atoms with van der Waals surface area (Å²) in [5.74, 6) is 1.89. The fourth-order valence-electron chi connectivity index (χ4n) is 2.93. The quantitative estimate of drug-likeness (QED) is 0.329. The summed E-state index contributed by atoms with van der Waals surface area (Å²) in [7, 11) is 3.50. The van der Waals surface area contributed by atoms with Gasteiger partial charge in [0.2, 0.25) is 0 Å². The van der Waals surface area contributed by atoms with E-state index in [1.54, 1.807) is 14.2 Å². The first-order chi connectivity index (χ1) is 12.0. The van der Waals surface area contributed by atoms with E-state index in [9.17, 15) is 0 Å². The van der Waals surface area contributed by atoms with Crippen LogP contribution in [-0.4, -0.2) is 14.2 Å². The molecule has 0 atom stereocenters. The van der Waals surface area contributed by atoms with Gasteiger partial charge in [0, 0.05) is 5.56 Å². The Hall–Kier alpha value is -1.70. The molecule has 0 aliphatic carbocycles. The first-order valence-electron chi connectivity index (χ1n) is 9.54. The van der Waals surface area contributed by atoms with E-state index in [1.165, 1.54) is 36.0 Å². The summed E-state index contributed by atoms with van der Waals surface area (Å²) >= 11 is 0. The Morgan fingerprint density at radius 3 is 2.12 bits per heavy atom. The van der Waals surface area contributed by atoms with E-state index in [1.807, 2.05) is 0 Å². The third-order valence-corrected chi connectivity index (χ3v) is 4.48. The molecule has 1 rings (SSSR count). The maximum absolute atomic E-state index is 5.66. The van der Waals surface area contributed by atoms with E-state index >= 15 is 0 Å². The summed E-state index contributed by atoms with van der Waals surface area (Å²) in [6.45, 7) is 8.74. The van der Waals surface area contributed by atoms with Crippen molar-refractivity contribution in [2.45, 2.75) is 72.6 Å². The lowest BCUT2D eigenvalue weighted by Crippen LogP contribution is -1.99. The Labute approximate surface area is 154 Å². The zero-order valence-electron chi connectivity index (χ0n) is 17.1. The summed E-state index contributed by atoms with van der Waals surface area (Å²) in [5, 5.41) is 0. The highest BCUT2D eigenvalue weighted by Gasteiger charge is 2.11. The van der Waals surface area contributed by atoms with Gasteiger partial charge in [-0.15, -0.1) is 0 Å². The highest BCUT2D eigenvalue weighted by molar-refractivity contribution is 5.49. The third kappa shape index (κ3) is 7.81. The number of hydrogen-bond acceptors (Lipinski definition) is 2. The molecule has 140 valence electrons. The van der Waals surface area contributed by atoms with E-state index in [4.69, 9.17) is 9.47 Å². The molecule has 0 aliphatic rings. The van der Waals surface area contributed by atoms with Gasteiger partial charge in [-0.3, -0.25) is 0 Å². The molecule has 0 heterocycles. The third-order valence-electron chi connectivity index (χ3n) is 4.48. The van der Waals surface area contributed by atoms with Crippen LogP contribution in [0, 0.1) is 0 Å². The van der Waals surface area contributed by atoms with Gasteiger partial charge >= 0.3 is 0 Å². The second kappa shape index (κ2) is 11.8. The second-order valence-electron chi connectivity index (χ2n) is 7.01. The van der Waals surface area contributed by atoms with Crippen molar-refractivity contribution in [2.24, 2.45) is 0 Å². The lowest BCUT2D eigenvalue weighted by Gasteiger charge is -2.15. The maximum atomic E-state index is 5.66. The number of aryl methyl sites for hydroxylation is 1. The van der Waals surface area contributed by atoms with Crippen LogP contribution in [0.5, 0.6) is 11.5 Å². The summed E-state index contributed by atoms with van der Waals surface area (Å²) in [6, 6.07) is 4.36. The SMILES string of the molecule is CCCCCc1cc(OC)c(CC=C(C)CCC=C(C)C)c(OC)c1. The van der Waals surface area contributed by atoms with Crippen molar-refractivity contribution in [3.63, 3.8) is 0 Å². The standard InChI is InChI=1S/C23H36O2/c1-7-8-9-13-20-16-22(24-5)21(23(17-20)25-6)15-14-19(4)12-10-11-18(2)3/h11,14,16-17H,7-10,12-13,15H2,1-6H3. The molecular weight excluding hydrogens is 308 g/mol. The van der Waals surface area contributed by atoms with Crippen LogP contribution in [0.2, 0.25) is 0 Å². The summed E-state index contributed by atoms with van der Waals surface area (Å²) in [6.07, 6.45) is 12.5. The van der Waals surface area contributed by atoms with Crippen molar-refractivity contribution in [3.05, 3.63) is 46.6 Å². The number of unbranched alkanes of at least 4 members (excludes halogenated alkanes) is 2. The molecule has 0 radical (unpaired) electrons. The molecule has 0 unspecified atom stereocenters. The minimum Gasteiger partial charge on any atom is -0.496 e. The number of rotatable bonds is 11. The van der Waals surface area contributed by atoms with Crippen LogP contribution in [0.15, 0.2) is 35.4 Å². The highest BCUT2D eigenvalue weighted by Crippen LogP contribution is 2.32. The number of methoxy groups -OCH3 is 2. The molecule has 0 amide bonds. The zero-order valence-corrected chi connectivity index (χ0v) is 17.1. The molecule has 1 aromatic rings. The van der Waals surface area contributed by atoms with Crippen molar-refractivity contribution in [2.75, 3.05) is 14.2 Å². The number of allylic oxidation sites excluding steroid dienone is 4. The summed E-state index contributed by atoms with van der Waals surface area (Å²) in [4.78, 5) is 0. The van der Waals surface area contributed by atoms with Crippen LogP contribution in [-0.2, 0) is 12.8 Å². The lowest BCUT2D eigenvalue weighted by molar-refractivity contribution is 0.386. The predicted octanol–water partition coefficient (Wildman–Crippen LogP) is 6.67. The van der Waals surface area contributed by atoms with Crippen LogP contribution < -0.4 is 9.47 Å². The van der Waals surface area contributed by atoms with E-state index in [0.29, 0.717) is 0 Å². The van der Waals surface area contributed by atoms with Gasteiger partial charge in [0.25, 0.3) is 0 Å². The molecule has 2 heteroatoms. The van der Waals surface area contributed by atoms with Crippen LogP contribution in [0.25, 0.3) is 0 Å². The smallest absolute Gasteiger partial charge is 0.126 e. The highest BCUT2D eigenvalue weighted by atomic mass is 16.5. The van der Waals surface area contributed by atoms with E-state index in [-0.39, 0.29) is 0 Å². The molecule has 1 aromatic carbocycles. The molecule has 0 N–H and O–H groups in total. The van der Waals surface area contributed by atoms with Gasteiger partial charge in [0.05, 0.1) is 14.2 Å². The van der Waals surface area contributed by atoms with E-state index < -0.39 is 0 Å². The minimum atomic E-state index is 0.849. The van der Waals surface area contributed by atoms with Crippen molar-refractivity contribution < 1.29 is 9.47 Å². The summed E-state index contributed by atoms with van der Waals surface area (Å²) < 4.78 is 11.3. The minimum absolute atomic E-state index is 0.849. The molecule has 0 aliphatic heterocycles. The van der Waals surface area contributed by atoms with Crippen molar-refractivity contribution in [1.82, 2.24) is 0 Å². The Balaban J connectivity index is 2.88. The van der Waals surface area contributed by atoms with Gasteiger partial charge in [0.1, 0.15) is 11.5 Å². The van der Waals surface area contributed by atoms with E-state index in [2.05, 4.69) is 52.0 Å². The first-order valence-corrected chi connectivity index (χ1v) is 9.54. The Bertz CT molecular complexity index is 553. The van der Waals surface area contributed by atoms with Gasteiger partial charge in [-0.2, -0.15) is 0 Å². The van der Waals surface area contributed by atoms with Gasteiger partial charge in [-0.05, 0) is 70.6 Å². The van der Waals surface area contributed by atoms with Gasteiger partial charge in [-0.25, -0.2) is 0 Å². The molecule has 2 nitrogen and oxygen atoms in total. The maximum Gasteiger partial charge on any atom is 0.126 e. The molecular formula is C23H36O2. The molecule has 0 aromatic heterocycles. The van der Waals surface area contributed by atoms with Crippen LogP contribution in [0.1, 0.15) is 70.9 Å². The van der Waals surface area contributed by atoms with E-state index in [0.717, 1.165) is 42.7 Å². The van der Waals surface area contributed by atoms with Gasteiger partial charge < -0.3 is 9.47 Å². The van der Waals surface area contributed by atoms with Gasteiger partial charge in [0.15, 0.2) is 0 Å². The monoisotopic (exact) mass is 344 g/mol. The van der Waals surface area contributed by atoms with Crippen molar-refractivity contribution in [3.8, 4) is 11.5 Å². The number of ether oxygens (including phenoxy) is 2. The number of benzene rings is 1. The molecule has 0 saturated heterocycles. The average molecular weight is 345 g/mol. The predicted molar refractivity (Wildman–Crippen MR) is 109 cm³/mol. The molecule has 0 spiro atoms. The zero-order chi connectivity index (χ0) is 18.7. The average Bonchev–Trinajstić information content (AvgIpc) is 2.59. The van der Waals surface area contributed by atoms with Crippen LogP contribution >= 0.6 is 0 Å². The fraction of sp³-hybridized carbons (Fsp3) is 0.565. The summed E-state index contributed by atoms with van der Waals surface area (Å²) in [5.41, 5.74) is 5.24. The second-order valence-corrected chi connectivity index (χ2v) is 7.01. The normalized spacial score (nSPS) is 11.4. The number of hydrogen-bond donors (Lipinski definition) is 0. The molecule has 0 bridgehead atoms. The van der Waals surface area contributed by atoms with Crippen molar-refractivity contribution >= 4 is 0 Å². The van der Waals surface area contributed by atoms with Crippen LogP contribution in [0.3, 0.4) is 0 Å². The van der Waals surface area contributed by atoms with Crippen molar-refractivity contribution in [1.29, 1.82) is 0 Å². The first kappa shape index (κ1) is 21.3. The topological polar surface area (TPSA) is 18.5 Å². The Kier molecular flexibility index (Phi) is 10.1.